The molecule has 0 saturated heterocycles. The Bertz CT molecular complexity index is 826. The number of aromatic nitrogens is 1. The standard InChI is InChI=1S/C18H15FN2O3/c1-12-10-17(21-24-12)18(22)20-11-13-2-6-15(7-3-13)23-16-8-4-14(19)5-9-16/h2-10H,11H2,1H3,(H,20,22). The van der Waals surface area contributed by atoms with E-state index in [0.717, 1.165) is 5.56 Å². The predicted molar refractivity (Wildman–Crippen MR) is 85.3 cm³/mol. The molecule has 2 aromatic carbocycles. The van der Waals surface area contributed by atoms with Gasteiger partial charge in [0.05, 0.1) is 0 Å². The van der Waals surface area contributed by atoms with Crippen molar-refractivity contribution in [2.45, 2.75) is 13.5 Å². The Morgan fingerprint density at radius 2 is 1.75 bits per heavy atom. The maximum absolute atomic E-state index is 12.9. The minimum atomic E-state index is -0.309. The van der Waals surface area contributed by atoms with Crippen molar-refractivity contribution in [3.63, 3.8) is 0 Å². The summed E-state index contributed by atoms with van der Waals surface area (Å²) in [6.45, 7) is 2.09. The highest BCUT2D eigenvalue weighted by Gasteiger charge is 2.10. The van der Waals surface area contributed by atoms with E-state index >= 15 is 0 Å². The molecule has 0 unspecified atom stereocenters. The molecule has 0 atom stereocenters. The van der Waals surface area contributed by atoms with E-state index in [2.05, 4.69) is 10.5 Å². The Hall–Kier alpha value is -3.15. The van der Waals surface area contributed by atoms with Crippen LogP contribution in [0.25, 0.3) is 0 Å². The number of aryl methyl sites for hydroxylation is 1. The lowest BCUT2D eigenvalue weighted by molar-refractivity contribution is 0.0942. The molecule has 0 spiro atoms. The average molecular weight is 326 g/mol. The van der Waals surface area contributed by atoms with Gasteiger partial charge in [0, 0.05) is 12.6 Å². The van der Waals surface area contributed by atoms with Crippen molar-refractivity contribution in [1.82, 2.24) is 10.5 Å². The fourth-order valence-corrected chi connectivity index (χ4v) is 2.06. The third-order valence-electron chi connectivity index (χ3n) is 3.29. The Balaban J connectivity index is 1.56. The van der Waals surface area contributed by atoms with Crippen molar-refractivity contribution in [2.24, 2.45) is 0 Å². The third-order valence-corrected chi connectivity index (χ3v) is 3.29. The molecule has 0 aliphatic rings. The van der Waals surface area contributed by atoms with Gasteiger partial charge in [0.15, 0.2) is 5.69 Å². The van der Waals surface area contributed by atoms with Crippen molar-refractivity contribution >= 4 is 5.91 Å². The van der Waals surface area contributed by atoms with E-state index in [-0.39, 0.29) is 17.4 Å². The maximum Gasteiger partial charge on any atom is 0.273 e. The lowest BCUT2D eigenvalue weighted by Crippen LogP contribution is -2.22. The van der Waals surface area contributed by atoms with Gasteiger partial charge in [-0.05, 0) is 48.9 Å². The topological polar surface area (TPSA) is 64.4 Å². The molecule has 0 aliphatic heterocycles. The zero-order chi connectivity index (χ0) is 16.9. The molecular weight excluding hydrogens is 311 g/mol. The van der Waals surface area contributed by atoms with Crippen molar-refractivity contribution in [3.8, 4) is 11.5 Å². The molecule has 1 amide bonds. The second kappa shape index (κ2) is 6.95. The quantitative estimate of drug-likeness (QED) is 0.773. The van der Waals surface area contributed by atoms with Crippen LogP contribution in [-0.4, -0.2) is 11.1 Å². The zero-order valence-corrected chi connectivity index (χ0v) is 13.0. The highest BCUT2D eigenvalue weighted by Crippen LogP contribution is 2.21. The number of halogens is 1. The van der Waals surface area contributed by atoms with Crippen LogP contribution in [0.2, 0.25) is 0 Å². The second-order valence-electron chi connectivity index (χ2n) is 5.21. The summed E-state index contributed by atoms with van der Waals surface area (Å²) in [7, 11) is 0. The smallest absolute Gasteiger partial charge is 0.273 e. The lowest BCUT2D eigenvalue weighted by atomic mass is 10.2. The summed E-state index contributed by atoms with van der Waals surface area (Å²) in [4.78, 5) is 11.9. The van der Waals surface area contributed by atoms with Gasteiger partial charge in [-0.3, -0.25) is 4.79 Å². The summed E-state index contributed by atoms with van der Waals surface area (Å²) in [6, 6.07) is 14.6. The van der Waals surface area contributed by atoms with Crippen LogP contribution in [0.3, 0.4) is 0 Å². The van der Waals surface area contributed by atoms with E-state index in [4.69, 9.17) is 9.26 Å². The number of nitrogens with one attached hydrogen (secondary N) is 1. The van der Waals surface area contributed by atoms with Crippen molar-refractivity contribution < 1.29 is 18.4 Å². The second-order valence-corrected chi connectivity index (χ2v) is 5.21. The molecule has 1 heterocycles. The first-order valence-corrected chi connectivity index (χ1v) is 7.34. The molecule has 6 heteroatoms. The fraction of sp³-hybridized carbons (Fsp3) is 0.111. The molecule has 24 heavy (non-hydrogen) atoms. The molecule has 122 valence electrons. The van der Waals surface area contributed by atoms with Gasteiger partial charge >= 0.3 is 0 Å². The van der Waals surface area contributed by atoms with Crippen molar-refractivity contribution in [3.05, 3.63) is 77.4 Å². The largest absolute Gasteiger partial charge is 0.457 e. The van der Waals surface area contributed by atoms with Gasteiger partial charge in [-0.15, -0.1) is 0 Å². The van der Waals surface area contributed by atoms with Crippen LogP contribution < -0.4 is 10.1 Å². The molecule has 3 aromatic rings. The number of ether oxygens (including phenoxy) is 1. The van der Waals surface area contributed by atoms with Gasteiger partial charge in [0.1, 0.15) is 23.1 Å². The van der Waals surface area contributed by atoms with E-state index in [1.807, 2.05) is 12.1 Å². The van der Waals surface area contributed by atoms with E-state index in [1.165, 1.54) is 12.1 Å². The summed E-state index contributed by atoms with van der Waals surface area (Å²) in [6.07, 6.45) is 0. The summed E-state index contributed by atoms with van der Waals surface area (Å²) in [5, 5.41) is 6.42. The highest BCUT2D eigenvalue weighted by atomic mass is 19.1. The van der Waals surface area contributed by atoms with Crippen molar-refractivity contribution in [1.29, 1.82) is 0 Å². The monoisotopic (exact) mass is 326 g/mol. The van der Waals surface area contributed by atoms with E-state index in [9.17, 15) is 9.18 Å². The van der Waals surface area contributed by atoms with Gasteiger partial charge in [0.25, 0.3) is 5.91 Å². The zero-order valence-electron chi connectivity index (χ0n) is 13.0. The van der Waals surface area contributed by atoms with Crippen LogP contribution >= 0.6 is 0 Å². The predicted octanol–water partition coefficient (Wildman–Crippen LogP) is 3.84. The SMILES string of the molecule is Cc1cc(C(=O)NCc2ccc(Oc3ccc(F)cc3)cc2)no1. The molecule has 1 aromatic heterocycles. The minimum Gasteiger partial charge on any atom is -0.457 e. The molecule has 0 bridgehead atoms. The van der Waals surface area contributed by atoms with Gasteiger partial charge in [-0.2, -0.15) is 0 Å². The van der Waals surface area contributed by atoms with Crippen LogP contribution in [0.5, 0.6) is 11.5 Å². The number of hydrogen-bond acceptors (Lipinski definition) is 4. The van der Waals surface area contributed by atoms with Crippen LogP contribution in [0.4, 0.5) is 4.39 Å². The number of amides is 1. The fourth-order valence-electron chi connectivity index (χ4n) is 2.06. The minimum absolute atomic E-state index is 0.253. The summed E-state index contributed by atoms with van der Waals surface area (Å²) in [5.41, 5.74) is 1.17. The molecule has 1 N–H and O–H groups in total. The number of carbonyl (C=O) groups is 1. The van der Waals surface area contributed by atoms with Gasteiger partial charge in [-0.1, -0.05) is 17.3 Å². The highest BCUT2D eigenvalue weighted by molar-refractivity contribution is 5.92. The first-order chi connectivity index (χ1) is 11.6. The lowest BCUT2D eigenvalue weighted by Gasteiger charge is -2.07. The Morgan fingerprint density at radius 1 is 1.12 bits per heavy atom. The average Bonchev–Trinajstić information content (AvgIpc) is 3.03. The summed E-state index contributed by atoms with van der Waals surface area (Å²) in [5.74, 6) is 1.17. The number of rotatable bonds is 5. The van der Waals surface area contributed by atoms with E-state index < -0.39 is 0 Å². The number of carbonyl (C=O) groups excluding carboxylic acids is 1. The number of benzene rings is 2. The number of nitrogens with zero attached hydrogens (tertiary/aromatic N) is 1. The van der Waals surface area contributed by atoms with Gasteiger partial charge in [0.2, 0.25) is 0 Å². The Labute approximate surface area is 138 Å². The van der Waals surface area contributed by atoms with Crippen LogP contribution in [0.15, 0.2) is 59.1 Å². The first kappa shape index (κ1) is 15.7. The third kappa shape index (κ3) is 3.98. The van der Waals surface area contributed by atoms with E-state index in [1.54, 1.807) is 37.3 Å². The van der Waals surface area contributed by atoms with E-state index in [0.29, 0.717) is 23.8 Å². The first-order valence-electron chi connectivity index (χ1n) is 7.34. The maximum atomic E-state index is 12.9. The van der Waals surface area contributed by atoms with Crippen LogP contribution in [-0.2, 0) is 6.54 Å². The molecular formula is C18H15FN2O3. The Morgan fingerprint density at radius 3 is 2.33 bits per heavy atom. The molecule has 5 nitrogen and oxygen atoms in total. The summed E-state index contributed by atoms with van der Waals surface area (Å²) < 4.78 is 23.3. The Kier molecular flexibility index (Phi) is 4.56. The number of hydrogen-bond donors (Lipinski definition) is 1. The molecule has 0 saturated carbocycles. The van der Waals surface area contributed by atoms with Crippen LogP contribution in [0.1, 0.15) is 21.8 Å². The molecule has 0 aliphatic carbocycles. The molecule has 3 rings (SSSR count). The van der Waals surface area contributed by atoms with Gasteiger partial charge in [-0.25, -0.2) is 4.39 Å². The summed E-state index contributed by atoms with van der Waals surface area (Å²) >= 11 is 0. The molecule has 0 radical (unpaired) electrons. The van der Waals surface area contributed by atoms with Crippen LogP contribution in [0, 0.1) is 12.7 Å². The van der Waals surface area contributed by atoms with Gasteiger partial charge < -0.3 is 14.6 Å². The normalized spacial score (nSPS) is 10.4. The molecule has 0 fully saturated rings. The van der Waals surface area contributed by atoms with Crippen molar-refractivity contribution in [2.75, 3.05) is 0 Å².